The van der Waals surface area contributed by atoms with Gasteiger partial charge in [-0.1, -0.05) is 30.3 Å². The maximum Gasteiger partial charge on any atom is 0.342 e. The van der Waals surface area contributed by atoms with Gasteiger partial charge in [0.1, 0.15) is 66.4 Å². The molecule has 0 spiro atoms. The van der Waals surface area contributed by atoms with Gasteiger partial charge in [0, 0.05) is 6.07 Å². The Bertz CT molecular complexity index is 1070. The van der Waals surface area contributed by atoms with Gasteiger partial charge in [0.25, 0.3) is 0 Å². The Morgan fingerprint density at radius 1 is 0.868 bits per heavy atom. The molecule has 0 amide bonds. The van der Waals surface area contributed by atoms with E-state index in [1.165, 1.54) is 12.1 Å². The second-order valence-electron chi connectivity index (χ2n) is 8.96. The molecule has 2 heterocycles. The smallest absolute Gasteiger partial charge is 0.342 e. The molecule has 0 aromatic heterocycles. The lowest BCUT2D eigenvalue weighted by molar-refractivity contribution is -0.307. The van der Waals surface area contributed by atoms with E-state index in [9.17, 15) is 40.5 Å². The van der Waals surface area contributed by atoms with Crippen LogP contribution in [-0.2, 0) is 25.6 Å². The predicted octanol–water partition coefficient (Wildman–Crippen LogP) is -1.61. The average molecular weight is 539 g/mol. The molecule has 2 fully saturated rings. The van der Waals surface area contributed by atoms with E-state index in [0.717, 1.165) is 11.6 Å². The summed E-state index contributed by atoms with van der Waals surface area (Å²) in [5.74, 6) is -1.26. The van der Waals surface area contributed by atoms with Crippen LogP contribution in [-0.4, -0.2) is 110 Å². The van der Waals surface area contributed by atoms with E-state index in [1.54, 1.807) is 24.3 Å². The minimum absolute atomic E-state index is 0.00557. The van der Waals surface area contributed by atoms with Gasteiger partial charge in [-0.05, 0) is 17.7 Å². The zero-order chi connectivity index (χ0) is 27.4. The number of hydrogen-bond donors (Lipinski definition) is 7. The van der Waals surface area contributed by atoms with Crippen LogP contribution in [0.2, 0.25) is 0 Å². The Kier molecular flexibility index (Phi) is 9.15. The second kappa shape index (κ2) is 12.3. The van der Waals surface area contributed by atoms with Gasteiger partial charge in [-0.2, -0.15) is 0 Å². The van der Waals surface area contributed by atoms with Gasteiger partial charge >= 0.3 is 5.97 Å². The molecule has 13 nitrogen and oxygen atoms in total. The zero-order valence-electron chi connectivity index (χ0n) is 20.0. The van der Waals surface area contributed by atoms with Gasteiger partial charge in [-0.3, -0.25) is 0 Å². The molecule has 2 saturated heterocycles. The highest BCUT2D eigenvalue weighted by atomic mass is 16.7. The van der Waals surface area contributed by atoms with Gasteiger partial charge in [0.2, 0.25) is 6.29 Å². The van der Waals surface area contributed by atoms with Crippen LogP contribution >= 0.6 is 0 Å². The van der Waals surface area contributed by atoms with Crippen LogP contribution in [0.4, 0.5) is 0 Å². The molecule has 2 aliphatic heterocycles. The molecule has 2 aromatic carbocycles. The van der Waals surface area contributed by atoms with E-state index in [-0.39, 0.29) is 24.5 Å². The number of phenolic OH excluding ortho intramolecular Hbond substituents is 1. The lowest BCUT2D eigenvalue weighted by Gasteiger charge is -2.41. The normalized spacial score (nSPS) is 33.5. The molecule has 208 valence electrons. The van der Waals surface area contributed by atoms with Crippen molar-refractivity contribution in [1.82, 2.24) is 0 Å². The number of esters is 1. The average Bonchev–Trinajstić information content (AvgIpc) is 2.91. The third kappa shape index (κ3) is 6.40. The lowest BCUT2D eigenvalue weighted by atomic mass is 9.99. The molecule has 9 atom stereocenters. The summed E-state index contributed by atoms with van der Waals surface area (Å²) < 4.78 is 26.8. The van der Waals surface area contributed by atoms with E-state index in [0.29, 0.717) is 0 Å². The Morgan fingerprint density at radius 3 is 2.29 bits per heavy atom. The fourth-order valence-electron chi connectivity index (χ4n) is 3.96. The summed E-state index contributed by atoms with van der Waals surface area (Å²) in [5.41, 5.74) is 0.639. The molecule has 0 aliphatic carbocycles. The van der Waals surface area contributed by atoms with Crippen molar-refractivity contribution in [1.29, 1.82) is 0 Å². The number of carbonyl (C=O) groups is 1. The number of aliphatic hydroxyl groups is 6. The molecule has 4 rings (SSSR count). The van der Waals surface area contributed by atoms with Crippen molar-refractivity contribution in [3.05, 3.63) is 59.7 Å². The second-order valence-corrected chi connectivity index (χ2v) is 8.96. The highest BCUT2D eigenvalue weighted by Crippen LogP contribution is 2.29. The van der Waals surface area contributed by atoms with Gasteiger partial charge in [0.05, 0.1) is 13.2 Å². The third-order valence-electron chi connectivity index (χ3n) is 6.20. The van der Waals surface area contributed by atoms with Crippen molar-refractivity contribution in [3.63, 3.8) is 0 Å². The highest BCUT2D eigenvalue weighted by Gasteiger charge is 2.46. The number of hydrogen-bond acceptors (Lipinski definition) is 13. The number of rotatable bonds is 8. The van der Waals surface area contributed by atoms with Crippen LogP contribution in [0.25, 0.3) is 0 Å². The molecule has 7 N–H and O–H groups in total. The Morgan fingerprint density at radius 2 is 1.58 bits per heavy atom. The minimum Gasteiger partial charge on any atom is -0.507 e. The van der Waals surface area contributed by atoms with Gasteiger partial charge in [-0.25, -0.2) is 4.79 Å². The molecular formula is C25H30O13. The number of ether oxygens (including phenoxy) is 5. The molecule has 38 heavy (non-hydrogen) atoms. The number of phenols is 1. The Balaban J connectivity index is 1.36. The SMILES string of the molecule is O=C(OCc1ccccc1)c1ccc(O[C@@H]2O[C@H](CO[C@@H]3OC[C@@H](O)[C@H](O)[C@H]3O)[C@@H](O)[C@H](O)[C@H]2O)cc1O. The first-order chi connectivity index (χ1) is 18.2. The van der Waals surface area contributed by atoms with Crippen LogP contribution in [0, 0.1) is 0 Å². The largest absolute Gasteiger partial charge is 0.507 e. The standard InChI is InChI=1S/C25H30O13/c26-15-8-13(6-7-14(15)23(33)34-9-12-4-2-1-3-5-12)37-25-22(32)20(30)19(29)17(38-25)11-36-24-21(31)18(28)16(27)10-35-24/h1-8,16-22,24-32H,9-11H2/t16-,17-,18+,19-,20+,21-,22-,24+,25-/m1/s1. The maximum atomic E-state index is 12.4. The summed E-state index contributed by atoms with van der Waals surface area (Å²) in [7, 11) is 0. The summed E-state index contributed by atoms with van der Waals surface area (Å²) in [5, 5.41) is 70.5. The van der Waals surface area contributed by atoms with Gasteiger partial charge < -0.3 is 59.4 Å². The predicted molar refractivity (Wildman–Crippen MR) is 125 cm³/mol. The van der Waals surface area contributed by atoms with E-state index in [1.807, 2.05) is 6.07 Å². The summed E-state index contributed by atoms with van der Waals surface area (Å²) in [4.78, 5) is 12.4. The van der Waals surface area contributed by atoms with Crippen molar-refractivity contribution in [3.8, 4) is 11.5 Å². The summed E-state index contributed by atoms with van der Waals surface area (Å²) >= 11 is 0. The number of aliphatic hydroxyl groups excluding tert-OH is 6. The highest BCUT2D eigenvalue weighted by molar-refractivity contribution is 5.92. The monoisotopic (exact) mass is 538 g/mol. The van der Waals surface area contributed by atoms with E-state index >= 15 is 0 Å². The quantitative estimate of drug-likeness (QED) is 0.189. The van der Waals surface area contributed by atoms with E-state index in [2.05, 4.69) is 0 Å². The fraction of sp³-hybridized carbons (Fsp3) is 0.480. The zero-order valence-corrected chi connectivity index (χ0v) is 20.0. The fourth-order valence-corrected chi connectivity index (χ4v) is 3.96. The first-order valence-corrected chi connectivity index (χ1v) is 11.8. The molecular weight excluding hydrogens is 508 g/mol. The third-order valence-corrected chi connectivity index (χ3v) is 6.20. The van der Waals surface area contributed by atoms with Crippen LogP contribution in [0.3, 0.4) is 0 Å². The van der Waals surface area contributed by atoms with Crippen LogP contribution < -0.4 is 4.74 Å². The molecule has 0 saturated carbocycles. The van der Waals surface area contributed by atoms with Crippen molar-refractivity contribution in [2.75, 3.05) is 13.2 Å². The van der Waals surface area contributed by atoms with Crippen molar-refractivity contribution < 1.29 is 64.2 Å². The number of aromatic hydroxyl groups is 1. The number of benzene rings is 2. The van der Waals surface area contributed by atoms with Gasteiger partial charge in [-0.15, -0.1) is 0 Å². The minimum atomic E-state index is -1.72. The van der Waals surface area contributed by atoms with Crippen LogP contribution in [0.1, 0.15) is 15.9 Å². The molecule has 0 bridgehead atoms. The van der Waals surface area contributed by atoms with Crippen LogP contribution in [0.15, 0.2) is 48.5 Å². The molecule has 13 heteroatoms. The van der Waals surface area contributed by atoms with Crippen LogP contribution in [0.5, 0.6) is 11.5 Å². The maximum absolute atomic E-state index is 12.4. The topological polar surface area (TPSA) is 205 Å². The first-order valence-electron chi connectivity index (χ1n) is 11.8. The summed E-state index contributed by atoms with van der Waals surface area (Å²) in [6.45, 7) is -0.748. The van der Waals surface area contributed by atoms with E-state index in [4.69, 9.17) is 23.7 Å². The lowest BCUT2D eigenvalue weighted by Crippen LogP contribution is -2.61. The first kappa shape index (κ1) is 28.2. The summed E-state index contributed by atoms with van der Waals surface area (Å²) in [6.07, 6.45) is -13.6. The molecule has 2 aliphatic rings. The van der Waals surface area contributed by atoms with Crippen molar-refractivity contribution in [2.24, 2.45) is 0 Å². The summed E-state index contributed by atoms with van der Waals surface area (Å²) in [6, 6.07) is 12.6. The molecule has 2 aromatic rings. The number of carbonyl (C=O) groups excluding carboxylic acids is 1. The Hall–Kier alpha value is -2.85. The van der Waals surface area contributed by atoms with E-state index < -0.39 is 73.6 Å². The van der Waals surface area contributed by atoms with Crippen molar-refractivity contribution in [2.45, 2.75) is 61.9 Å². The van der Waals surface area contributed by atoms with Gasteiger partial charge in [0.15, 0.2) is 6.29 Å². The molecule has 0 radical (unpaired) electrons. The van der Waals surface area contributed by atoms with Crippen molar-refractivity contribution >= 4 is 5.97 Å². The Labute approximate surface area is 217 Å². The molecule has 0 unspecified atom stereocenters.